The lowest BCUT2D eigenvalue weighted by atomic mass is 9.88. The number of thiophene rings is 1. The van der Waals surface area contributed by atoms with Gasteiger partial charge in [0.25, 0.3) is 0 Å². The molecule has 3 heterocycles. The standard InChI is InChI=1S/C13H18N2OS/c1-8-2-4-10(17-8)7-14-13(16)11-6-9-3-5-12(11)15-9/h2,4,9,11-12,15H,3,5-7H2,1H3,(H,14,16). The minimum atomic E-state index is 0.204. The van der Waals surface area contributed by atoms with Crippen LogP contribution in [0.5, 0.6) is 0 Å². The zero-order valence-electron chi connectivity index (χ0n) is 10.0. The van der Waals surface area contributed by atoms with Gasteiger partial charge in [0.1, 0.15) is 0 Å². The highest BCUT2D eigenvalue weighted by molar-refractivity contribution is 7.11. The minimum absolute atomic E-state index is 0.204. The quantitative estimate of drug-likeness (QED) is 0.859. The second-order valence-electron chi connectivity index (χ2n) is 5.12. The summed E-state index contributed by atoms with van der Waals surface area (Å²) in [5.74, 6) is 0.436. The van der Waals surface area contributed by atoms with Crippen LogP contribution in [0.2, 0.25) is 0 Å². The van der Waals surface area contributed by atoms with Crippen LogP contribution in [-0.4, -0.2) is 18.0 Å². The van der Waals surface area contributed by atoms with E-state index >= 15 is 0 Å². The van der Waals surface area contributed by atoms with Gasteiger partial charge < -0.3 is 10.6 Å². The van der Waals surface area contributed by atoms with Crippen LogP contribution in [0.25, 0.3) is 0 Å². The van der Waals surface area contributed by atoms with Gasteiger partial charge in [0, 0.05) is 21.8 Å². The number of carbonyl (C=O) groups excluding carboxylic acids is 1. The number of nitrogens with one attached hydrogen (secondary N) is 2. The van der Waals surface area contributed by atoms with Gasteiger partial charge in [0.2, 0.25) is 5.91 Å². The van der Waals surface area contributed by atoms with E-state index in [9.17, 15) is 4.79 Å². The van der Waals surface area contributed by atoms with Crippen molar-refractivity contribution >= 4 is 17.2 Å². The van der Waals surface area contributed by atoms with E-state index in [1.165, 1.54) is 22.6 Å². The summed E-state index contributed by atoms with van der Waals surface area (Å²) in [6, 6.07) is 5.23. The van der Waals surface area contributed by atoms with Crippen molar-refractivity contribution in [2.45, 2.75) is 44.8 Å². The smallest absolute Gasteiger partial charge is 0.225 e. The maximum atomic E-state index is 12.1. The van der Waals surface area contributed by atoms with Crippen molar-refractivity contribution in [3.05, 3.63) is 21.9 Å². The van der Waals surface area contributed by atoms with Crippen LogP contribution in [-0.2, 0) is 11.3 Å². The van der Waals surface area contributed by atoms with Crippen molar-refractivity contribution in [1.29, 1.82) is 0 Å². The minimum Gasteiger partial charge on any atom is -0.351 e. The molecule has 2 N–H and O–H groups in total. The average molecular weight is 250 g/mol. The third-order valence-corrected chi connectivity index (χ3v) is 4.87. The van der Waals surface area contributed by atoms with E-state index in [4.69, 9.17) is 0 Å². The van der Waals surface area contributed by atoms with Gasteiger partial charge in [0.05, 0.1) is 12.5 Å². The number of amides is 1. The second-order valence-corrected chi connectivity index (χ2v) is 6.49. The van der Waals surface area contributed by atoms with Crippen LogP contribution in [0, 0.1) is 12.8 Å². The molecule has 92 valence electrons. The molecule has 0 aromatic carbocycles. The molecule has 17 heavy (non-hydrogen) atoms. The molecule has 0 saturated carbocycles. The number of hydrogen-bond acceptors (Lipinski definition) is 3. The molecule has 0 radical (unpaired) electrons. The van der Waals surface area contributed by atoms with Crippen LogP contribution >= 0.6 is 11.3 Å². The molecule has 1 aromatic rings. The fourth-order valence-corrected chi connectivity index (χ4v) is 3.83. The maximum absolute atomic E-state index is 12.1. The SMILES string of the molecule is Cc1ccc(CNC(=O)C2CC3CCC2N3)s1. The summed E-state index contributed by atoms with van der Waals surface area (Å²) in [6.45, 7) is 2.78. The lowest BCUT2D eigenvalue weighted by Gasteiger charge is -2.19. The fourth-order valence-electron chi connectivity index (χ4n) is 3.00. The predicted octanol–water partition coefficient (Wildman–Crippen LogP) is 1.81. The van der Waals surface area contributed by atoms with E-state index in [-0.39, 0.29) is 11.8 Å². The van der Waals surface area contributed by atoms with E-state index in [1.54, 1.807) is 11.3 Å². The van der Waals surface area contributed by atoms with E-state index in [0.29, 0.717) is 18.6 Å². The Morgan fingerprint density at radius 2 is 2.41 bits per heavy atom. The second kappa shape index (κ2) is 4.42. The highest BCUT2D eigenvalue weighted by atomic mass is 32.1. The summed E-state index contributed by atoms with van der Waals surface area (Å²) in [4.78, 5) is 14.6. The molecule has 0 aliphatic carbocycles. The highest BCUT2D eigenvalue weighted by Gasteiger charge is 2.42. The van der Waals surface area contributed by atoms with E-state index < -0.39 is 0 Å². The van der Waals surface area contributed by atoms with Crippen molar-refractivity contribution in [3.63, 3.8) is 0 Å². The van der Waals surface area contributed by atoms with E-state index in [0.717, 1.165) is 6.42 Å². The van der Waals surface area contributed by atoms with Crippen molar-refractivity contribution in [3.8, 4) is 0 Å². The summed E-state index contributed by atoms with van der Waals surface area (Å²) < 4.78 is 0. The number of fused-ring (bicyclic) bond motifs is 2. The van der Waals surface area contributed by atoms with Gasteiger partial charge in [-0.1, -0.05) is 0 Å². The van der Waals surface area contributed by atoms with E-state index in [2.05, 4.69) is 29.7 Å². The molecule has 3 atom stereocenters. The number of carbonyl (C=O) groups is 1. The molecule has 2 saturated heterocycles. The molecule has 3 rings (SSSR count). The lowest BCUT2D eigenvalue weighted by Crippen LogP contribution is -2.37. The van der Waals surface area contributed by atoms with Gasteiger partial charge in [-0.25, -0.2) is 0 Å². The van der Waals surface area contributed by atoms with Crippen LogP contribution in [0.3, 0.4) is 0 Å². The maximum Gasteiger partial charge on any atom is 0.225 e. The first-order valence-electron chi connectivity index (χ1n) is 6.31. The molecule has 2 aliphatic rings. The monoisotopic (exact) mass is 250 g/mol. The summed E-state index contributed by atoms with van der Waals surface area (Å²) in [7, 11) is 0. The Hall–Kier alpha value is -0.870. The van der Waals surface area contributed by atoms with Crippen LogP contribution in [0.4, 0.5) is 0 Å². The molecule has 1 amide bonds. The zero-order chi connectivity index (χ0) is 11.8. The first-order chi connectivity index (χ1) is 8.22. The fraction of sp³-hybridized carbons (Fsp3) is 0.615. The van der Waals surface area contributed by atoms with Gasteiger partial charge >= 0.3 is 0 Å². The summed E-state index contributed by atoms with van der Waals surface area (Å²) >= 11 is 1.76. The Bertz CT molecular complexity index is 429. The number of hydrogen-bond donors (Lipinski definition) is 2. The molecule has 2 bridgehead atoms. The molecule has 3 nitrogen and oxygen atoms in total. The van der Waals surface area contributed by atoms with Crippen molar-refractivity contribution < 1.29 is 4.79 Å². The Labute approximate surface area is 106 Å². The molecule has 4 heteroatoms. The predicted molar refractivity (Wildman–Crippen MR) is 69.0 cm³/mol. The first kappa shape index (κ1) is 11.2. The van der Waals surface area contributed by atoms with Crippen LogP contribution in [0.1, 0.15) is 29.0 Å². The Balaban J connectivity index is 1.54. The number of aryl methyl sites for hydroxylation is 1. The Morgan fingerprint density at radius 1 is 1.53 bits per heavy atom. The zero-order valence-corrected chi connectivity index (χ0v) is 10.8. The molecule has 1 aromatic heterocycles. The molecule has 0 spiro atoms. The van der Waals surface area contributed by atoms with Crippen molar-refractivity contribution in [1.82, 2.24) is 10.6 Å². The number of rotatable bonds is 3. The van der Waals surface area contributed by atoms with Crippen molar-refractivity contribution in [2.24, 2.45) is 5.92 Å². The Morgan fingerprint density at radius 3 is 3.00 bits per heavy atom. The van der Waals surface area contributed by atoms with Gasteiger partial charge in [-0.2, -0.15) is 0 Å². The normalized spacial score (nSPS) is 30.8. The lowest BCUT2D eigenvalue weighted by molar-refractivity contribution is -0.125. The largest absolute Gasteiger partial charge is 0.351 e. The van der Waals surface area contributed by atoms with Gasteiger partial charge in [-0.15, -0.1) is 11.3 Å². The third kappa shape index (κ3) is 2.24. The van der Waals surface area contributed by atoms with Gasteiger partial charge in [-0.3, -0.25) is 4.79 Å². The van der Waals surface area contributed by atoms with Crippen molar-refractivity contribution in [2.75, 3.05) is 0 Å². The molecule has 3 unspecified atom stereocenters. The molecule has 2 aliphatic heterocycles. The third-order valence-electron chi connectivity index (χ3n) is 3.87. The van der Waals surface area contributed by atoms with Crippen LogP contribution in [0.15, 0.2) is 12.1 Å². The van der Waals surface area contributed by atoms with Gasteiger partial charge in [0.15, 0.2) is 0 Å². The molecular weight excluding hydrogens is 232 g/mol. The Kier molecular flexibility index (Phi) is 2.92. The summed E-state index contributed by atoms with van der Waals surface area (Å²) in [6.07, 6.45) is 3.44. The molecular formula is C13H18N2OS. The summed E-state index contributed by atoms with van der Waals surface area (Å²) in [5.41, 5.74) is 0. The molecule has 2 fully saturated rings. The van der Waals surface area contributed by atoms with Gasteiger partial charge in [-0.05, 0) is 38.3 Å². The average Bonchev–Trinajstić information content (AvgIpc) is 3.01. The van der Waals surface area contributed by atoms with Crippen LogP contribution < -0.4 is 10.6 Å². The highest BCUT2D eigenvalue weighted by Crippen LogP contribution is 2.33. The van der Waals surface area contributed by atoms with E-state index in [1.807, 2.05) is 0 Å². The summed E-state index contributed by atoms with van der Waals surface area (Å²) in [5, 5.41) is 6.57. The first-order valence-corrected chi connectivity index (χ1v) is 7.13. The topological polar surface area (TPSA) is 41.1 Å².